The number of benzene rings is 2. The lowest BCUT2D eigenvalue weighted by Crippen LogP contribution is -2.46. The molecule has 0 saturated carbocycles. The van der Waals surface area contributed by atoms with Crippen LogP contribution in [0.3, 0.4) is 0 Å². The van der Waals surface area contributed by atoms with Gasteiger partial charge in [0.25, 0.3) is 5.91 Å². The third-order valence-corrected chi connectivity index (χ3v) is 5.08. The fourth-order valence-corrected chi connectivity index (χ4v) is 3.44. The quantitative estimate of drug-likeness (QED) is 0.727. The second-order valence-electron chi connectivity index (χ2n) is 7.12. The Hall–Kier alpha value is -3.13. The van der Waals surface area contributed by atoms with Crippen LogP contribution >= 0.6 is 0 Å². The van der Waals surface area contributed by atoms with Gasteiger partial charge in [0.15, 0.2) is 11.5 Å². The second kappa shape index (κ2) is 10.1. The van der Waals surface area contributed by atoms with Gasteiger partial charge in [0.2, 0.25) is 5.91 Å². The molecule has 0 spiro atoms. The number of carbonyl (C=O) groups is 2. The molecule has 1 aliphatic heterocycles. The van der Waals surface area contributed by atoms with Crippen molar-refractivity contribution in [2.75, 3.05) is 39.2 Å². The smallest absolute Gasteiger partial charge is 0.251 e. The number of para-hydroxylation sites is 1. The van der Waals surface area contributed by atoms with E-state index in [0.717, 1.165) is 12.8 Å². The molecular weight excluding hydrogens is 389 g/mol. The summed E-state index contributed by atoms with van der Waals surface area (Å²) in [7, 11) is 3.07. The van der Waals surface area contributed by atoms with Crippen LogP contribution in [0.2, 0.25) is 0 Å². The Bertz CT molecular complexity index is 898. The van der Waals surface area contributed by atoms with Gasteiger partial charge in [0.1, 0.15) is 5.82 Å². The molecule has 1 fully saturated rings. The van der Waals surface area contributed by atoms with Crippen molar-refractivity contribution in [2.45, 2.75) is 18.9 Å². The standard InChI is InChI=1S/C22H26FN3O4/c1-29-19-8-7-15(13-20(19)30-2)22(28)24-16-9-11-26(12-10-16)14-21(27)25-18-6-4-3-5-17(18)23/h3-8,13,16H,9-12,14H2,1-2H3,(H,24,28)(H,25,27). The van der Waals surface area contributed by atoms with Crippen LogP contribution in [0.4, 0.5) is 10.1 Å². The molecular formula is C22H26FN3O4. The van der Waals surface area contributed by atoms with Crippen LogP contribution in [-0.2, 0) is 4.79 Å². The number of carbonyl (C=O) groups excluding carboxylic acids is 2. The van der Waals surface area contributed by atoms with Gasteiger partial charge >= 0.3 is 0 Å². The Morgan fingerprint density at radius 1 is 1.07 bits per heavy atom. The van der Waals surface area contributed by atoms with Crippen LogP contribution in [0.15, 0.2) is 42.5 Å². The molecule has 0 atom stereocenters. The van der Waals surface area contributed by atoms with Gasteiger partial charge in [-0.3, -0.25) is 14.5 Å². The van der Waals surface area contributed by atoms with Gasteiger partial charge in [-0.25, -0.2) is 4.39 Å². The van der Waals surface area contributed by atoms with E-state index in [2.05, 4.69) is 10.6 Å². The average Bonchev–Trinajstić information content (AvgIpc) is 2.76. The maximum atomic E-state index is 13.6. The zero-order valence-electron chi connectivity index (χ0n) is 17.1. The number of piperidine rings is 1. The third kappa shape index (κ3) is 5.48. The van der Waals surface area contributed by atoms with Crippen molar-refractivity contribution in [3.05, 3.63) is 53.8 Å². The highest BCUT2D eigenvalue weighted by Crippen LogP contribution is 2.27. The Labute approximate surface area is 175 Å². The van der Waals surface area contributed by atoms with E-state index in [4.69, 9.17) is 9.47 Å². The number of ether oxygens (including phenoxy) is 2. The Kier molecular flexibility index (Phi) is 7.24. The molecule has 0 aromatic heterocycles. The van der Waals surface area contributed by atoms with Crippen molar-refractivity contribution in [1.82, 2.24) is 10.2 Å². The number of methoxy groups -OCH3 is 2. The normalized spacial score (nSPS) is 14.8. The predicted molar refractivity (Wildman–Crippen MR) is 112 cm³/mol. The number of nitrogens with one attached hydrogen (secondary N) is 2. The van der Waals surface area contributed by atoms with Crippen LogP contribution in [0.25, 0.3) is 0 Å². The molecule has 1 heterocycles. The van der Waals surface area contributed by atoms with Crippen LogP contribution in [-0.4, -0.2) is 56.6 Å². The number of likely N-dealkylation sites (tertiary alicyclic amines) is 1. The average molecular weight is 415 g/mol. The zero-order chi connectivity index (χ0) is 21.5. The number of hydrogen-bond donors (Lipinski definition) is 2. The van der Waals surface area contributed by atoms with Crippen molar-refractivity contribution < 1.29 is 23.5 Å². The monoisotopic (exact) mass is 415 g/mol. The Morgan fingerprint density at radius 3 is 2.43 bits per heavy atom. The minimum atomic E-state index is -0.456. The van der Waals surface area contributed by atoms with Gasteiger partial charge < -0.3 is 20.1 Å². The number of anilines is 1. The number of rotatable bonds is 7. The lowest BCUT2D eigenvalue weighted by molar-refractivity contribution is -0.117. The third-order valence-electron chi connectivity index (χ3n) is 5.08. The SMILES string of the molecule is COc1ccc(C(=O)NC2CCN(CC(=O)Nc3ccccc3F)CC2)cc1OC. The number of hydrogen-bond acceptors (Lipinski definition) is 5. The number of amides is 2. The molecule has 0 unspecified atom stereocenters. The van der Waals surface area contributed by atoms with Crippen molar-refractivity contribution in [3.8, 4) is 11.5 Å². The lowest BCUT2D eigenvalue weighted by Gasteiger charge is -2.31. The number of halogens is 1. The first-order valence-corrected chi connectivity index (χ1v) is 9.79. The van der Waals surface area contributed by atoms with Gasteiger partial charge in [-0.1, -0.05) is 12.1 Å². The first-order valence-electron chi connectivity index (χ1n) is 9.79. The van der Waals surface area contributed by atoms with Crippen molar-refractivity contribution in [2.24, 2.45) is 0 Å². The highest BCUT2D eigenvalue weighted by Gasteiger charge is 2.23. The summed E-state index contributed by atoms with van der Waals surface area (Å²) in [6.45, 7) is 1.52. The van der Waals surface area contributed by atoms with E-state index in [9.17, 15) is 14.0 Å². The first kappa shape index (κ1) is 21.6. The summed E-state index contributed by atoms with van der Waals surface area (Å²) in [6, 6.07) is 11.2. The summed E-state index contributed by atoms with van der Waals surface area (Å²) in [5, 5.41) is 5.63. The van der Waals surface area contributed by atoms with Gasteiger partial charge in [-0.05, 0) is 43.2 Å². The largest absolute Gasteiger partial charge is 0.493 e. The van der Waals surface area contributed by atoms with E-state index in [1.165, 1.54) is 19.2 Å². The van der Waals surface area contributed by atoms with E-state index in [1.807, 2.05) is 4.90 Å². The van der Waals surface area contributed by atoms with Crippen LogP contribution in [0.1, 0.15) is 23.2 Å². The predicted octanol–water partition coefficient (Wildman–Crippen LogP) is 2.68. The second-order valence-corrected chi connectivity index (χ2v) is 7.12. The van der Waals surface area contributed by atoms with Crippen LogP contribution in [0, 0.1) is 5.82 Å². The summed E-state index contributed by atoms with van der Waals surface area (Å²) in [5.41, 5.74) is 0.680. The molecule has 2 N–H and O–H groups in total. The fraction of sp³-hybridized carbons (Fsp3) is 0.364. The maximum absolute atomic E-state index is 13.6. The highest BCUT2D eigenvalue weighted by atomic mass is 19.1. The molecule has 8 heteroatoms. The molecule has 7 nitrogen and oxygen atoms in total. The molecule has 0 radical (unpaired) electrons. The lowest BCUT2D eigenvalue weighted by atomic mass is 10.0. The van der Waals surface area contributed by atoms with E-state index in [1.54, 1.807) is 37.4 Å². The Morgan fingerprint density at radius 2 is 1.77 bits per heavy atom. The molecule has 2 aromatic carbocycles. The van der Waals surface area contributed by atoms with Gasteiger partial charge in [-0.15, -0.1) is 0 Å². The maximum Gasteiger partial charge on any atom is 0.251 e. The molecule has 2 aromatic rings. The van der Waals surface area contributed by atoms with Gasteiger partial charge in [-0.2, -0.15) is 0 Å². The molecule has 0 aliphatic carbocycles. The molecule has 30 heavy (non-hydrogen) atoms. The van der Waals surface area contributed by atoms with Crippen molar-refractivity contribution >= 4 is 17.5 Å². The van der Waals surface area contributed by atoms with Crippen LogP contribution in [0.5, 0.6) is 11.5 Å². The van der Waals surface area contributed by atoms with Crippen molar-refractivity contribution in [3.63, 3.8) is 0 Å². The van der Waals surface area contributed by atoms with Crippen molar-refractivity contribution in [1.29, 1.82) is 0 Å². The van der Waals surface area contributed by atoms with E-state index in [0.29, 0.717) is 30.2 Å². The topological polar surface area (TPSA) is 79.9 Å². The summed E-state index contributed by atoms with van der Waals surface area (Å²) >= 11 is 0. The number of nitrogens with zero attached hydrogens (tertiary/aromatic N) is 1. The highest BCUT2D eigenvalue weighted by molar-refractivity contribution is 5.95. The molecule has 160 valence electrons. The van der Waals surface area contributed by atoms with Gasteiger partial charge in [0, 0.05) is 24.7 Å². The van der Waals surface area contributed by atoms with Crippen LogP contribution < -0.4 is 20.1 Å². The van der Waals surface area contributed by atoms with E-state index >= 15 is 0 Å². The minimum Gasteiger partial charge on any atom is -0.493 e. The molecule has 1 aliphatic rings. The van der Waals surface area contributed by atoms with Gasteiger partial charge in [0.05, 0.1) is 26.5 Å². The first-order chi connectivity index (χ1) is 14.5. The summed E-state index contributed by atoms with van der Waals surface area (Å²) in [4.78, 5) is 26.7. The Balaban J connectivity index is 1.47. The van der Waals surface area contributed by atoms with E-state index in [-0.39, 0.29) is 30.1 Å². The summed E-state index contributed by atoms with van der Waals surface area (Å²) < 4.78 is 24.1. The fourth-order valence-electron chi connectivity index (χ4n) is 3.44. The summed E-state index contributed by atoms with van der Waals surface area (Å²) in [5.74, 6) is 0.180. The molecule has 0 bridgehead atoms. The molecule has 1 saturated heterocycles. The molecule has 2 amide bonds. The zero-order valence-corrected chi connectivity index (χ0v) is 17.1. The minimum absolute atomic E-state index is 0.0245. The molecule has 3 rings (SSSR count). The summed E-state index contributed by atoms with van der Waals surface area (Å²) in [6.07, 6.45) is 1.46. The van der Waals surface area contributed by atoms with E-state index < -0.39 is 5.82 Å².